The molecule has 6 heteroatoms. The van der Waals surface area contributed by atoms with Crippen LogP contribution in [0.3, 0.4) is 0 Å². The average Bonchev–Trinajstić information content (AvgIpc) is 2.83. The van der Waals surface area contributed by atoms with E-state index in [1.165, 1.54) is 4.85 Å². The van der Waals surface area contributed by atoms with Crippen LogP contribution >= 0.6 is 0 Å². The number of piperidine rings is 1. The first kappa shape index (κ1) is 11.2. The molecule has 1 aliphatic rings. The van der Waals surface area contributed by atoms with E-state index in [2.05, 4.69) is 15.6 Å². The Hall–Kier alpha value is -1.95. The Bertz CT molecular complexity index is 560. The second kappa shape index (κ2) is 4.73. The van der Waals surface area contributed by atoms with Gasteiger partial charge in [0.25, 0.3) is 0 Å². The van der Waals surface area contributed by atoms with Crippen LogP contribution in [0.15, 0.2) is 24.3 Å². The normalized spacial score (nSPS) is 19.9. The smallest absolute Gasteiger partial charge is 0.317 e. The summed E-state index contributed by atoms with van der Waals surface area (Å²) < 4.78 is 0. The molecule has 1 fully saturated rings. The van der Waals surface area contributed by atoms with Crippen molar-refractivity contribution >= 4 is 17.0 Å². The van der Waals surface area contributed by atoms with Gasteiger partial charge < -0.3 is 10.2 Å². The van der Waals surface area contributed by atoms with Crippen molar-refractivity contribution in [2.75, 3.05) is 13.1 Å². The third-order valence-corrected chi connectivity index (χ3v) is 3.13. The lowest BCUT2D eigenvalue weighted by atomic mass is 10.0. The third kappa shape index (κ3) is 2.06. The van der Waals surface area contributed by atoms with Gasteiger partial charge in [-0.05, 0) is 36.7 Å². The van der Waals surface area contributed by atoms with Gasteiger partial charge in [-0.3, -0.25) is 0 Å². The van der Waals surface area contributed by atoms with Gasteiger partial charge in [0.1, 0.15) is 11.0 Å². The third-order valence-electron chi connectivity index (χ3n) is 3.13. The van der Waals surface area contributed by atoms with Gasteiger partial charge in [-0.15, -0.1) is 5.10 Å². The standard InChI is InChI=1S/C12H14N4O2/c17-12(9-4-3-7-13-8-9)18-16-11-6-2-1-5-10(11)14-15-16/h1-2,5-6,9,13H,3-4,7-8H2/t9-/m1/s1. The molecule has 0 aliphatic carbocycles. The number of rotatable bonds is 2. The van der Waals surface area contributed by atoms with Crippen molar-refractivity contribution in [2.45, 2.75) is 12.8 Å². The van der Waals surface area contributed by atoms with Crippen molar-refractivity contribution in [3.63, 3.8) is 0 Å². The summed E-state index contributed by atoms with van der Waals surface area (Å²) in [6, 6.07) is 7.38. The maximum Gasteiger partial charge on any atom is 0.339 e. The molecule has 94 valence electrons. The van der Waals surface area contributed by atoms with Crippen LogP contribution in [0.1, 0.15) is 12.8 Å². The van der Waals surface area contributed by atoms with Crippen molar-refractivity contribution in [2.24, 2.45) is 5.92 Å². The van der Waals surface area contributed by atoms with Crippen LogP contribution in [0.25, 0.3) is 11.0 Å². The summed E-state index contributed by atoms with van der Waals surface area (Å²) in [5, 5.41) is 11.0. The molecule has 0 radical (unpaired) electrons. The fraction of sp³-hybridized carbons (Fsp3) is 0.417. The Kier molecular flexibility index (Phi) is 2.93. The first-order valence-corrected chi connectivity index (χ1v) is 6.08. The predicted octanol–water partition coefficient (Wildman–Crippen LogP) is 0.386. The fourth-order valence-electron chi connectivity index (χ4n) is 2.13. The molecule has 0 amide bonds. The number of nitrogens with zero attached hydrogens (tertiary/aromatic N) is 3. The number of benzene rings is 1. The van der Waals surface area contributed by atoms with Crippen LogP contribution < -0.4 is 10.2 Å². The molecule has 1 aromatic carbocycles. The highest BCUT2D eigenvalue weighted by molar-refractivity contribution is 5.76. The molecule has 0 bridgehead atoms. The van der Waals surface area contributed by atoms with Gasteiger partial charge in [-0.2, -0.15) is 0 Å². The SMILES string of the molecule is O=C(On1nnc2ccccc21)[C@@H]1CCCNC1. The second-order valence-electron chi connectivity index (χ2n) is 4.40. The monoisotopic (exact) mass is 246 g/mol. The Morgan fingerprint density at radius 1 is 1.44 bits per heavy atom. The summed E-state index contributed by atoms with van der Waals surface area (Å²) in [6.45, 7) is 1.64. The minimum absolute atomic E-state index is 0.0956. The molecule has 0 spiro atoms. The fourth-order valence-corrected chi connectivity index (χ4v) is 2.13. The Morgan fingerprint density at radius 3 is 3.17 bits per heavy atom. The van der Waals surface area contributed by atoms with Gasteiger partial charge >= 0.3 is 5.97 Å². The number of para-hydroxylation sites is 1. The zero-order valence-electron chi connectivity index (χ0n) is 9.87. The zero-order chi connectivity index (χ0) is 12.4. The first-order valence-electron chi connectivity index (χ1n) is 6.08. The summed E-state index contributed by atoms with van der Waals surface area (Å²) in [7, 11) is 0. The molecule has 6 nitrogen and oxygen atoms in total. The van der Waals surface area contributed by atoms with Gasteiger partial charge in [0, 0.05) is 6.54 Å². The van der Waals surface area contributed by atoms with Gasteiger partial charge in [0.15, 0.2) is 0 Å². The zero-order valence-corrected chi connectivity index (χ0v) is 9.87. The van der Waals surface area contributed by atoms with Gasteiger partial charge in [0.05, 0.1) is 5.92 Å². The van der Waals surface area contributed by atoms with E-state index in [0.717, 1.165) is 19.4 Å². The highest BCUT2D eigenvalue weighted by atomic mass is 16.7. The molecule has 1 aromatic heterocycles. The van der Waals surface area contributed by atoms with Gasteiger partial charge in [-0.1, -0.05) is 17.0 Å². The van der Waals surface area contributed by atoms with Gasteiger partial charge in [-0.25, -0.2) is 4.79 Å². The molecule has 18 heavy (non-hydrogen) atoms. The number of nitrogens with one attached hydrogen (secondary N) is 1. The molecule has 1 saturated heterocycles. The quantitative estimate of drug-likeness (QED) is 0.776. The van der Waals surface area contributed by atoms with Crippen LogP contribution in [0, 0.1) is 5.92 Å². The average molecular weight is 246 g/mol. The van der Waals surface area contributed by atoms with Crippen LogP contribution in [-0.2, 0) is 4.79 Å². The van der Waals surface area contributed by atoms with E-state index in [0.29, 0.717) is 17.6 Å². The largest absolute Gasteiger partial charge is 0.339 e. The van der Waals surface area contributed by atoms with Crippen LogP contribution in [-0.4, -0.2) is 34.2 Å². The van der Waals surface area contributed by atoms with E-state index in [1.807, 2.05) is 24.3 Å². The van der Waals surface area contributed by atoms with E-state index >= 15 is 0 Å². The molecular formula is C12H14N4O2. The minimum Gasteiger partial charge on any atom is -0.317 e. The number of fused-ring (bicyclic) bond motifs is 1. The van der Waals surface area contributed by atoms with Gasteiger partial charge in [0.2, 0.25) is 0 Å². The Morgan fingerprint density at radius 2 is 2.33 bits per heavy atom. The van der Waals surface area contributed by atoms with Crippen molar-refractivity contribution in [3.05, 3.63) is 24.3 Å². The number of hydrogen-bond donors (Lipinski definition) is 1. The summed E-state index contributed by atoms with van der Waals surface area (Å²) in [5.41, 5.74) is 1.42. The van der Waals surface area contributed by atoms with E-state index < -0.39 is 0 Å². The first-order chi connectivity index (χ1) is 8.84. The Balaban J connectivity index is 1.77. The number of hydrogen-bond acceptors (Lipinski definition) is 5. The van der Waals surface area contributed by atoms with Crippen LogP contribution in [0.2, 0.25) is 0 Å². The maximum absolute atomic E-state index is 12.0. The number of aromatic nitrogens is 3. The molecular weight excluding hydrogens is 232 g/mol. The lowest BCUT2D eigenvalue weighted by molar-refractivity contribution is -0.150. The van der Waals surface area contributed by atoms with Crippen LogP contribution in [0.4, 0.5) is 0 Å². The molecule has 3 rings (SSSR count). The summed E-state index contributed by atoms with van der Waals surface area (Å²) in [6.07, 6.45) is 1.86. The van der Waals surface area contributed by atoms with Crippen molar-refractivity contribution in [1.82, 2.24) is 20.5 Å². The highest BCUT2D eigenvalue weighted by Gasteiger charge is 2.24. The Labute approximate surface area is 104 Å². The molecule has 1 atom stereocenters. The molecule has 1 aliphatic heterocycles. The van der Waals surface area contributed by atoms with E-state index in [4.69, 9.17) is 4.84 Å². The summed E-state index contributed by atoms with van der Waals surface area (Å²) in [4.78, 5) is 18.4. The second-order valence-corrected chi connectivity index (χ2v) is 4.40. The highest BCUT2D eigenvalue weighted by Crippen LogP contribution is 2.12. The molecule has 1 N–H and O–H groups in total. The van der Waals surface area contributed by atoms with Crippen LogP contribution in [0.5, 0.6) is 0 Å². The number of carbonyl (C=O) groups is 1. The lowest BCUT2D eigenvalue weighted by Gasteiger charge is -2.20. The van der Waals surface area contributed by atoms with E-state index in [-0.39, 0.29) is 11.9 Å². The molecule has 0 saturated carbocycles. The summed E-state index contributed by atoms with van der Waals surface area (Å²) in [5.74, 6) is -0.348. The number of carbonyl (C=O) groups excluding carboxylic acids is 1. The predicted molar refractivity (Wildman–Crippen MR) is 64.7 cm³/mol. The van der Waals surface area contributed by atoms with Crippen molar-refractivity contribution < 1.29 is 9.63 Å². The molecule has 0 unspecified atom stereocenters. The topological polar surface area (TPSA) is 69.0 Å². The molecule has 2 aromatic rings. The lowest BCUT2D eigenvalue weighted by Crippen LogP contribution is -2.38. The van der Waals surface area contributed by atoms with Crippen molar-refractivity contribution in [1.29, 1.82) is 0 Å². The summed E-state index contributed by atoms with van der Waals surface area (Å²) >= 11 is 0. The van der Waals surface area contributed by atoms with E-state index in [1.54, 1.807) is 0 Å². The molecule has 2 heterocycles. The minimum atomic E-state index is -0.252. The van der Waals surface area contributed by atoms with Crippen molar-refractivity contribution in [3.8, 4) is 0 Å². The maximum atomic E-state index is 12.0. The van der Waals surface area contributed by atoms with E-state index in [9.17, 15) is 4.79 Å².